The van der Waals surface area contributed by atoms with Crippen LogP contribution in [0.15, 0.2) is 41.0 Å². The van der Waals surface area contributed by atoms with Gasteiger partial charge in [0.25, 0.3) is 0 Å². The van der Waals surface area contributed by atoms with Gasteiger partial charge in [-0.2, -0.15) is 13.2 Å². The molecule has 0 spiro atoms. The first-order valence-corrected chi connectivity index (χ1v) is 12.4. The van der Waals surface area contributed by atoms with Gasteiger partial charge in [0, 0.05) is 17.3 Å². The van der Waals surface area contributed by atoms with E-state index in [-0.39, 0.29) is 31.0 Å². The van der Waals surface area contributed by atoms with Crippen molar-refractivity contribution in [1.29, 1.82) is 0 Å². The normalized spacial score (nSPS) is 37.6. The SMILES string of the molecule is C[C@]12C[C@H](c3ccc4c(c3)OCO4)C3=C4CCC(O)C=C4CC[C@H]3[C@@H]1CC[C@@]2(O)C#CC(F)(F)F. The van der Waals surface area contributed by atoms with Crippen LogP contribution in [0.2, 0.25) is 0 Å². The van der Waals surface area contributed by atoms with Crippen LogP contribution in [0.1, 0.15) is 63.4 Å². The van der Waals surface area contributed by atoms with E-state index in [2.05, 4.69) is 5.92 Å². The Morgan fingerprint density at radius 3 is 2.69 bits per heavy atom. The van der Waals surface area contributed by atoms with Gasteiger partial charge >= 0.3 is 6.18 Å². The second-order valence-corrected chi connectivity index (χ2v) is 10.9. The molecule has 2 saturated carbocycles. The van der Waals surface area contributed by atoms with E-state index in [1.165, 1.54) is 22.6 Å². The molecule has 2 N–H and O–H groups in total. The maximum atomic E-state index is 13.0. The minimum atomic E-state index is -4.64. The molecule has 4 nitrogen and oxygen atoms in total. The minimum absolute atomic E-state index is 0.0520. The molecule has 1 aromatic carbocycles. The Kier molecular flexibility index (Phi) is 5.11. The number of rotatable bonds is 1. The highest BCUT2D eigenvalue weighted by molar-refractivity contribution is 5.52. The summed E-state index contributed by atoms with van der Waals surface area (Å²) < 4.78 is 50.2. The van der Waals surface area contributed by atoms with Crippen LogP contribution in [0.5, 0.6) is 11.5 Å². The molecule has 5 aliphatic rings. The molecule has 0 amide bonds. The lowest BCUT2D eigenvalue weighted by molar-refractivity contribution is -0.0739. The zero-order chi connectivity index (χ0) is 24.6. The van der Waals surface area contributed by atoms with E-state index >= 15 is 0 Å². The molecule has 2 fully saturated rings. The summed E-state index contributed by atoms with van der Waals surface area (Å²) in [5.41, 5.74) is 2.38. The number of hydrogen-bond acceptors (Lipinski definition) is 4. The highest BCUT2D eigenvalue weighted by Gasteiger charge is 2.62. The number of benzene rings is 1. The first-order valence-electron chi connectivity index (χ1n) is 12.4. The van der Waals surface area contributed by atoms with Gasteiger partial charge in [0.05, 0.1) is 6.10 Å². The van der Waals surface area contributed by atoms with Gasteiger partial charge in [0.1, 0.15) is 5.60 Å². The van der Waals surface area contributed by atoms with Crippen LogP contribution in [0.25, 0.3) is 0 Å². The summed E-state index contributed by atoms with van der Waals surface area (Å²) in [5.74, 6) is 5.15. The van der Waals surface area contributed by atoms with Crippen molar-refractivity contribution < 1.29 is 32.9 Å². The molecule has 0 radical (unpaired) electrons. The molecule has 4 aliphatic carbocycles. The Bertz CT molecular complexity index is 1190. The number of alkyl halides is 3. The van der Waals surface area contributed by atoms with Crippen LogP contribution >= 0.6 is 0 Å². The molecule has 1 aliphatic heterocycles. The molecule has 7 heteroatoms. The van der Waals surface area contributed by atoms with Gasteiger partial charge < -0.3 is 19.7 Å². The van der Waals surface area contributed by atoms with E-state index in [0.29, 0.717) is 30.8 Å². The molecular formula is C28H29F3O4. The maximum absolute atomic E-state index is 13.0. The summed E-state index contributed by atoms with van der Waals surface area (Å²) in [6.07, 6.45) is 1.47. The Morgan fingerprint density at radius 1 is 1.09 bits per heavy atom. The van der Waals surface area contributed by atoms with Crippen LogP contribution in [-0.4, -0.2) is 34.9 Å². The van der Waals surface area contributed by atoms with E-state index in [1.54, 1.807) is 0 Å². The third-order valence-electron chi connectivity index (χ3n) is 9.22. The smallest absolute Gasteiger partial charge is 0.454 e. The predicted molar refractivity (Wildman–Crippen MR) is 123 cm³/mol. The van der Waals surface area contributed by atoms with Crippen molar-refractivity contribution in [3.05, 3.63) is 46.6 Å². The maximum Gasteiger partial charge on any atom is 0.457 e. The third kappa shape index (κ3) is 3.60. The highest BCUT2D eigenvalue weighted by atomic mass is 19.4. The fraction of sp³-hybridized carbons (Fsp3) is 0.571. The van der Waals surface area contributed by atoms with E-state index in [4.69, 9.17) is 9.47 Å². The molecule has 1 unspecified atom stereocenters. The fourth-order valence-corrected chi connectivity index (χ4v) is 7.59. The molecule has 35 heavy (non-hydrogen) atoms. The van der Waals surface area contributed by atoms with Gasteiger partial charge in [-0.1, -0.05) is 30.6 Å². The number of halogens is 3. The quantitative estimate of drug-likeness (QED) is 0.522. The van der Waals surface area contributed by atoms with Gasteiger partial charge in [0.15, 0.2) is 11.5 Å². The standard InChI is InChI=1S/C28H29F3O4/c1-26-14-21(17-3-7-23-24(13-17)35-15-34-23)25-19-6-4-18(32)12-16(19)2-5-20(25)22(26)8-9-27(26,33)10-11-28(29,30)31/h3,7,12-13,18,20-22,32-33H,2,4-6,8-9,14-15H2,1H3/t18?,20-,21+,22-,26-,27+/m0/s1. The molecule has 1 heterocycles. The average molecular weight is 487 g/mol. The first-order chi connectivity index (χ1) is 16.6. The Labute approximate surface area is 202 Å². The van der Waals surface area contributed by atoms with E-state index in [9.17, 15) is 23.4 Å². The fourth-order valence-electron chi connectivity index (χ4n) is 7.59. The lowest BCUT2D eigenvalue weighted by atomic mass is 9.51. The molecule has 6 rings (SSSR count). The number of ether oxygens (including phenoxy) is 2. The topological polar surface area (TPSA) is 58.9 Å². The van der Waals surface area contributed by atoms with Gasteiger partial charge in [-0.3, -0.25) is 0 Å². The van der Waals surface area contributed by atoms with Crippen molar-refractivity contribution in [2.24, 2.45) is 17.3 Å². The average Bonchev–Trinajstić information content (AvgIpc) is 3.38. The van der Waals surface area contributed by atoms with Crippen molar-refractivity contribution in [3.63, 3.8) is 0 Å². The van der Waals surface area contributed by atoms with Crippen LogP contribution in [0.3, 0.4) is 0 Å². The molecule has 6 atom stereocenters. The Balaban J connectivity index is 1.50. The van der Waals surface area contributed by atoms with Crippen molar-refractivity contribution in [2.45, 2.75) is 75.7 Å². The molecule has 186 valence electrons. The molecular weight excluding hydrogens is 457 g/mol. The second-order valence-electron chi connectivity index (χ2n) is 10.9. The second kappa shape index (κ2) is 7.78. The summed E-state index contributed by atoms with van der Waals surface area (Å²) in [6, 6.07) is 5.88. The first kappa shape index (κ1) is 23.0. The zero-order valence-electron chi connectivity index (χ0n) is 19.6. The number of hydrogen-bond donors (Lipinski definition) is 2. The number of allylic oxidation sites excluding steroid dienone is 3. The molecule has 0 bridgehead atoms. The lowest BCUT2D eigenvalue weighted by Crippen LogP contribution is -2.51. The number of aliphatic hydroxyl groups excluding tert-OH is 1. The summed E-state index contributed by atoms with van der Waals surface area (Å²) in [7, 11) is 0. The van der Waals surface area contributed by atoms with Crippen molar-refractivity contribution in [1.82, 2.24) is 0 Å². The van der Waals surface area contributed by atoms with Crippen molar-refractivity contribution >= 4 is 0 Å². The summed E-state index contributed by atoms with van der Waals surface area (Å²) in [6.45, 7) is 2.10. The van der Waals surface area contributed by atoms with Crippen LogP contribution < -0.4 is 9.47 Å². The largest absolute Gasteiger partial charge is 0.457 e. The molecule has 0 aromatic heterocycles. The Hall–Kier alpha value is -2.43. The van der Waals surface area contributed by atoms with Gasteiger partial charge in [-0.25, -0.2) is 0 Å². The molecule has 1 aromatic rings. The van der Waals surface area contributed by atoms with Crippen LogP contribution in [0, 0.1) is 29.1 Å². The van der Waals surface area contributed by atoms with Gasteiger partial charge in [-0.15, -0.1) is 0 Å². The van der Waals surface area contributed by atoms with E-state index in [0.717, 1.165) is 24.8 Å². The van der Waals surface area contributed by atoms with Crippen LogP contribution in [0.4, 0.5) is 13.2 Å². The zero-order valence-corrected chi connectivity index (χ0v) is 19.6. The highest BCUT2D eigenvalue weighted by Crippen LogP contribution is 2.67. The Morgan fingerprint density at radius 2 is 1.89 bits per heavy atom. The number of fused-ring (bicyclic) bond motifs is 5. The van der Waals surface area contributed by atoms with Crippen molar-refractivity contribution in [3.8, 4) is 23.3 Å². The minimum Gasteiger partial charge on any atom is -0.454 e. The monoisotopic (exact) mass is 486 g/mol. The van der Waals surface area contributed by atoms with Crippen LogP contribution in [-0.2, 0) is 0 Å². The molecule has 0 saturated heterocycles. The van der Waals surface area contributed by atoms with Crippen molar-refractivity contribution in [2.75, 3.05) is 6.79 Å². The number of aliphatic hydroxyl groups is 2. The third-order valence-corrected chi connectivity index (χ3v) is 9.22. The summed E-state index contributed by atoms with van der Waals surface area (Å²) in [5, 5.41) is 21.9. The van der Waals surface area contributed by atoms with E-state index < -0.39 is 23.3 Å². The lowest BCUT2D eigenvalue weighted by Gasteiger charge is -2.53. The van der Waals surface area contributed by atoms with Gasteiger partial charge in [0.2, 0.25) is 6.79 Å². The predicted octanol–water partition coefficient (Wildman–Crippen LogP) is 5.40. The van der Waals surface area contributed by atoms with Gasteiger partial charge in [-0.05, 0) is 85.6 Å². The summed E-state index contributed by atoms with van der Waals surface area (Å²) >= 11 is 0. The summed E-state index contributed by atoms with van der Waals surface area (Å²) in [4.78, 5) is 0. The van der Waals surface area contributed by atoms with E-state index in [1.807, 2.05) is 31.2 Å².